The van der Waals surface area contributed by atoms with Crippen LogP contribution in [0.4, 0.5) is 0 Å². The molecule has 2 N–H and O–H groups in total. The summed E-state index contributed by atoms with van der Waals surface area (Å²) in [6, 6.07) is 6.31. The second-order valence-electron chi connectivity index (χ2n) is 4.78. The summed E-state index contributed by atoms with van der Waals surface area (Å²) < 4.78 is 7.61. The number of benzene rings is 1. The maximum atomic E-state index is 5.86. The van der Waals surface area contributed by atoms with E-state index in [1.54, 1.807) is 7.11 Å². The molecule has 1 aromatic carbocycles. The highest BCUT2D eigenvalue weighted by Gasteiger charge is 2.27. The molecular formula is C14H18N2O. The number of nitrogens with zero attached hydrogens (tertiary/aromatic N) is 1. The molecule has 90 valence electrons. The summed E-state index contributed by atoms with van der Waals surface area (Å²) in [6.07, 6.45) is 2.32. The zero-order valence-corrected chi connectivity index (χ0v) is 10.4. The molecule has 1 unspecified atom stereocenters. The molecular weight excluding hydrogens is 212 g/mol. The van der Waals surface area contributed by atoms with Crippen molar-refractivity contribution in [2.24, 2.45) is 12.8 Å². The molecule has 0 bridgehead atoms. The van der Waals surface area contributed by atoms with Crippen molar-refractivity contribution in [3.63, 3.8) is 0 Å². The normalized spacial score (nSPS) is 18.6. The number of methoxy groups -OCH3 is 1. The standard InChI is InChI=1S/C14H18N2O/c1-16-13-6-4-10(17-2)7-12(13)11-5-3-9(8-15)14(11)16/h4,6-7,9H,3,5,8,15H2,1-2H3. The van der Waals surface area contributed by atoms with Crippen LogP contribution >= 0.6 is 0 Å². The van der Waals surface area contributed by atoms with Gasteiger partial charge in [-0.15, -0.1) is 0 Å². The van der Waals surface area contributed by atoms with Crippen LogP contribution in [0.15, 0.2) is 18.2 Å². The van der Waals surface area contributed by atoms with E-state index in [2.05, 4.69) is 23.7 Å². The number of nitrogens with two attached hydrogens (primary N) is 1. The molecule has 0 fully saturated rings. The average molecular weight is 230 g/mol. The molecule has 1 aliphatic rings. The van der Waals surface area contributed by atoms with Crippen LogP contribution in [-0.4, -0.2) is 18.2 Å². The lowest BCUT2D eigenvalue weighted by Crippen LogP contribution is -2.12. The van der Waals surface area contributed by atoms with Crippen LogP contribution in [0.25, 0.3) is 10.9 Å². The predicted octanol–water partition coefficient (Wildman–Crippen LogP) is 2.18. The fraction of sp³-hybridized carbons (Fsp3) is 0.429. The third kappa shape index (κ3) is 1.39. The van der Waals surface area contributed by atoms with E-state index in [0.717, 1.165) is 18.7 Å². The first-order valence-electron chi connectivity index (χ1n) is 6.11. The molecule has 0 saturated carbocycles. The van der Waals surface area contributed by atoms with Gasteiger partial charge in [-0.2, -0.15) is 0 Å². The van der Waals surface area contributed by atoms with Crippen LogP contribution in [0, 0.1) is 0 Å². The van der Waals surface area contributed by atoms with Crippen molar-refractivity contribution in [3.8, 4) is 5.75 Å². The first-order chi connectivity index (χ1) is 8.26. The average Bonchev–Trinajstić information content (AvgIpc) is 2.90. The Labute approximate surface area is 101 Å². The fourth-order valence-electron chi connectivity index (χ4n) is 3.11. The van der Waals surface area contributed by atoms with Gasteiger partial charge in [-0.25, -0.2) is 0 Å². The summed E-state index contributed by atoms with van der Waals surface area (Å²) in [5.74, 6) is 1.45. The maximum Gasteiger partial charge on any atom is 0.119 e. The number of hydrogen-bond acceptors (Lipinski definition) is 2. The van der Waals surface area contributed by atoms with Crippen LogP contribution in [0.1, 0.15) is 23.6 Å². The molecule has 0 amide bonds. The van der Waals surface area contributed by atoms with Gasteiger partial charge in [0.2, 0.25) is 0 Å². The molecule has 1 aliphatic carbocycles. The third-order valence-corrected chi connectivity index (χ3v) is 3.97. The van der Waals surface area contributed by atoms with Gasteiger partial charge in [0.15, 0.2) is 0 Å². The van der Waals surface area contributed by atoms with E-state index >= 15 is 0 Å². The Balaban J connectivity index is 2.28. The largest absolute Gasteiger partial charge is 0.497 e. The molecule has 1 aromatic heterocycles. The second-order valence-corrected chi connectivity index (χ2v) is 4.78. The van der Waals surface area contributed by atoms with E-state index in [1.807, 2.05) is 6.07 Å². The van der Waals surface area contributed by atoms with E-state index in [-0.39, 0.29) is 0 Å². The van der Waals surface area contributed by atoms with Gasteiger partial charge in [-0.05, 0) is 36.6 Å². The smallest absolute Gasteiger partial charge is 0.119 e. The summed E-state index contributed by atoms with van der Waals surface area (Å²) in [4.78, 5) is 0. The van der Waals surface area contributed by atoms with E-state index < -0.39 is 0 Å². The van der Waals surface area contributed by atoms with Crippen LogP contribution in [0.3, 0.4) is 0 Å². The van der Waals surface area contributed by atoms with E-state index in [0.29, 0.717) is 5.92 Å². The maximum absolute atomic E-state index is 5.86. The summed E-state index contributed by atoms with van der Waals surface area (Å²) in [6.45, 7) is 0.744. The monoisotopic (exact) mass is 230 g/mol. The highest BCUT2D eigenvalue weighted by Crippen LogP contribution is 2.39. The van der Waals surface area contributed by atoms with Crippen LogP contribution in [-0.2, 0) is 13.5 Å². The van der Waals surface area contributed by atoms with Crippen molar-refractivity contribution in [1.82, 2.24) is 4.57 Å². The van der Waals surface area contributed by atoms with Gasteiger partial charge in [0.1, 0.15) is 5.75 Å². The Hall–Kier alpha value is -1.48. The molecule has 1 atom stereocenters. The van der Waals surface area contributed by atoms with Crippen molar-refractivity contribution in [3.05, 3.63) is 29.5 Å². The van der Waals surface area contributed by atoms with Crippen molar-refractivity contribution in [1.29, 1.82) is 0 Å². The zero-order valence-electron chi connectivity index (χ0n) is 10.4. The van der Waals surface area contributed by atoms with Gasteiger partial charge in [0, 0.05) is 36.1 Å². The van der Waals surface area contributed by atoms with Gasteiger partial charge in [0.25, 0.3) is 0 Å². The lowest BCUT2D eigenvalue weighted by Gasteiger charge is -2.10. The number of hydrogen-bond donors (Lipinski definition) is 1. The van der Waals surface area contributed by atoms with E-state index in [1.165, 1.54) is 28.6 Å². The molecule has 3 heteroatoms. The van der Waals surface area contributed by atoms with E-state index in [9.17, 15) is 0 Å². The Morgan fingerprint density at radius 1 is 1.47 bits per heavy atom. The zero-order chi connectivity index (χ0) is 12.0. The number of aryl methyl sites for hydroxylation is 2. The second kappa shape index (κ2) is 3.77. The summed E-state index contributed by atoms with van der Waals surface area (Å²) >= 11 is 0. The predicted molar refractivity (Wildman–Crippen MR) is 69.6 cm³/mol. The molecule has 2 aromatic rings. The molecule has 3 rings (SSSR count). The first kappa shape index (κ1) is 10.7. The van der Waals surface area contributed by atoms with E-state index in [4.69, 9.17) is 10.5 Å². The number of ether oxygens (including phenoxy) is 1. The van der Waals surface area contributed by atoms with Crippen molar-refractivity contribution in [2.45, 2.75) is 18.8 Å². The number of rotatable bonds is 2. The number of fused-ring (bicyclic) bond motifs is 3. The van der Waals surface area contributed by atoms with Crippen molar-refractivity contribution < 1.29 is 4.74 Å². The Kier molecular flexibility index (Phi) is 2.37. The van der Waals surface area contributed by atoms with Crippen molar-refractivity contribution >= 4 is 10.9 Å². The lowest BCUT2D eigenvalue weighted by atomic mass is 10.1. The molecule has 17 heavy (non-hydrogen) atoms. The minimum atomic E-state index is 0.522. The molecule has 0 saturated heterocycles. The topological polar surface area (TPSA) is 40.2 Å². The third-order valence-electron chi connectivity index (χ3n) is 3.97. The Bertz CT molecular complexity index is 571. The Morgan fingerprint density at radius 2 is 2.29 bits per heavy atom. The summed E-state index contributed by atoms with van der Waals surface area (Å²) in [5, 5.41) is 1.33. The molecule has 0 spiro atoms. The first-order valence-corrected chi connectivity index (χ1v) is 6.11. The molecule has 0 aliphatic heterocycles. The highest BCUT2D eigenvalue weighted by molar-refractivity contribution is 5.87. The highest BCUT2D eigenvalue weighted by atomic mass is 16.5. The van der Waals surface area contributed by atoms with Crippen LogP contribution in [0.2, 0.25) is 0 Å². The minimum absolute atomic E-state index is 0.522. The van der Waals surface area contributed by atoms with Crippen LogP contribution < -0.4 is 10.5 Å². The Morgan fingerprint density at radius 3 is 3.00 bits per heavy atom. The molecule has 3 nitrogen and oxygen atoms in total. The fourth-order valence-corrected chi connectivity index (χ4v) is 3.11. The summed E-state index contributed by atoms with van der Waals surface area (Å²) in [7, 11) is 3.86. The van der Waals surface area contributed by atoms with Crippen LogP contribution in [0.5, 0.6) is 5.75 Å². The molecule has 1 heterocycles. The van der Waals surface area contributed by atoms with Crippen molar-refractivity contribution in [2.75, 3.05) is 13.7 Å². The van der Waals surface area contributed by atoms with Gasteiger partial charge in [0.05, 0.1) is 7.11 Å². The number of aromatic nitrogens is 1. The summed E-state index contributed by atoms with van der Waals surface area (Å²) in [5.41, 5.74) is 10.0. The minimum Gasteiger partial charge on any atom is -0.497 e. The van der Waals surface area contributed by atoms with Gasteiger partial charge < -0.3 is 15.0 Å². The SMILES string of the molecule is COc1ccc2c(c1)c1c(n2C)C(CN)CC1. The van der Waals surface area contributed by atoms with Gasteiger partial charge >= 0.3 is 0 Å². The quantitative estimate of drug-likeness (QED) is 0.859. The van der Waals surface area contributed by atoms with Gasteiger partial charge in [-0.3, -0.25) is 0 Å². The lowest BCUT2D eigenvalue weighted by molar-refractivity contribution is 0.415. The molecule has 0 radical (unpaired) electrons. The van der Waals surface area contributed by atoms with Gasteiger partial charge in [-0.1, -0.05) is 0 Å².